The summed E-state index contributed by atoms with van der Waals surface area (Å²) in [4.78, 5) is 11.0. The first-order valence-corrected chi connectivity index (χ1v) is 7.40. The number of carboxylic acids is 1. The van der Waals surface area contributed by atoms with Gasteiger partial charge in [-0.05, 0) is 42.5 Å². The Kier molecular flexibility index (Phi) is 4.59. The minimum Gasteiger partial charge on any atom is -0.493 e. The van der Waals surface area contributed by atoms with Gasteiger partial charge in [0.1, 0.15) is 5.75 Å². The van der Waals surface area contributed by atoms with Crippen molar-refractivity contribution in [1.82, 2.24) is 0 Å². The summed E-state index contributed by atoms with van der Waals surface area (Å²) in [5.41, 5.74) is 0.432. The fourth-order valence-corrected chi connectivity index (χ4v) is 2.62. The van der Waals surface area contributed by atoms with E-state index in [2.05, 4.69) is 0 Å². The molecule has 0 bridgehead atoms. The normalized spacial score (nSPS) is 15.8. The summed E-state index contributed by atoms with van der Waals surface area (Å²) in [6.07, 6.45) is 3.83. The maximum absolute atomic E-state index is 11.0. The summed E-state index contributed by atoms with van der Waals surface area (Å²) in [5.74, 6) is 0.578. The van der Waals surface area contributed by atoms with Crippen LogP contribution >= 0.6 is 11.6 Å². The molecular formula is C16H21ClO3. The van der Waals surface area contributed by atoms with E-state index in [9.17, 15) is 4.79 Å². The molecule has 20 heavy (non-hydrogen) atoms. The summed E-state index contributed by atoms with van der Waals surface area (Å²) in [5, 5.41) is 9.59. The molecule has 1 aliphatic carbocycles. The van der Waals surface area contributed by atoms with Gasteiger partial charge in [0.15, 0.2) is 0 Å². The highest BCUT2D eigenvalue weighted by Crippen LogP contribution is 2.33. The van der Waals surface area contributed by atoms with Crippen LogP contribution in [-0.4, -0.2) is 17.7 Å². The van der Waals surface area contributed by atoms with E-state index in [4.69, 9.17) is 21.4 Å². The predicted octanol–water partition coefficient (Wildman–Crippen LogP) is 4.27. The van der Waals surface area contributed by atoms with Gasteiger partial charge >= 0.3 is 5.97 Å². The van der Waals surface area contributed by atoms with E-state index in [-0.39, 0.29) is 6.42 Å². The highest BCUT2D eigenvalue weighted by molar-refractivity contribution is 6.30. The maximum atomic E-state index is 11.0. The molecule has 0 aromatic heterocycles. The Hall–Kier alpha value is -1.22. The van der Waals surface area contributed by atoms with Crippen molar-refractivity contribution in [2.75, 3.05) is 6.61 Å². The number of ether oxygens (including phenoxy) is 1. The molecular weight excluding hydrogens is 276 g/mol. The first-order valence-electron chi connectivity index (χ1n) is 7.02. The molecule has 3 nitrogen and oxygen atoms in total. The fraction of sp³-hybridized carbons (Fsp3) is 0.562. The largest absolute Gasteiger partial charge is 0.493 e. The van der Waals surface area contributed by atoms with E-state index in [0.717, 1.165) is 17.9 Å². The van der Waals surface area contributed by atoms with Crippen LogP contribution < -0.4 is 4.74 Å². The van der Waals surface area contributed by atoms with Gasteiger partial charge in [0.2, 0.25) is 0 Å². The van der Waals surface area contributed by atoms with Crippen LogP contribution in [-0.2, 0) is 10.2 Å². The minimum atomic E-state index is -0.813. The number of benzene rings is 1. The van der Waals surface area contributed by atoms with Gasteiger partial charge < -0.3 is 9.84 Å². The van der Waals surface area contributed by atoms with Crippen molar-refractivity contribution in [3.05, 3.63) is 28.8 Å². The van der Waals surface area contributed by atoms with Gasteiger partial charge in [0, 0.05) is 10.4 Å². The summed E-state index contributed by atoms with van der Waals surface area (Å²) >= 11 is 6.13. The number of hydrogen-bond acceptors (Lipinski definition) is 2. The van der Waals surface area contributed by atoms with Crippen molar-refractivity contribution in [2.45, 2.75) is 44.9 Å². The van der Waals surface area contributed by atoms with Crippen LogP contribution in [0.5, 0.6) is 5.75 Å². The Morgan fingerprint density at radius 1 is 1.40 bits per heavy atom. The molecule has 0 amide bonds. The third-order valence-electron chi connectivity index (χ3n) is 3.96. The molecule has 0 spiro atoms. The van der Waals surface area contributed by atoms with Crippen molar-refractivity contribution >= 4 is 17.6 Å². The average Bonchev–Trinajstić information content (AvgIpc) is 2.24. The number of aliphatic carboxylic acids is 1. The van der Waals surface area contributed by atoms with Gasteiger partial charge in [-0.2, -0.15) is 0 Å². The van der Waals surface area contributed by atoms with E-state index in [1.54, 1.807) is 6.07 Å². The maximum Gasteiger partial charge on any atom is 0.304 e. The molecule has 0 heterocycles. The lowest BCUT2D eigenvalue weighted by molar-refractivity contribution is -0.138. The van der Waals surface area contributed by atoms with Gasteiger partial charge in [-0.15, -0.1) is 0 Å². The third-order valence-corrected chi connectivity index (χ3v) is 4.17. The van der Waals surface area contributed by atoms with E-state index in [0.29, 0.717) is 10.9 Å². The quantitative estimate of drug-likeness (QED) is 0.852. The van der Waals surface area contributed by atoms with Gasteiger partial charge in [-0.1, -0.05) is 31.9 Å². The van der Waals surface area contributed by atoms with Gasteiger partial charge in [0.25, 0.3) is 0 Å². The van der Waals surface area contributed by atoms with Gasteiger partial charge in [0.05, 0.1) is 13.0 Å². The Morgan fingerprint density at radius 3 is 2.65 bits per heavy atom. The van der Waals surface area contributed by atoms with Crippen molar-refractivity contribution in [3.63, 3.8) is 0 Å². The lowest BCUT2D eigenvalue weighted by Gasteiger charge is -2.27. The third kappa shape index (κ3) is 3.89. The molecule has 0 atom stereocenters. The lowest BCUT2D eigenvalue weighted by Crippen LogP contribution is -2.22. The van der Waals surface area contributed by atoms with E-state index in [1.807, 2.05) is 26.0 Å². The smallest absolute Gasteiger partial charge is 0.304 e. The molecule has 0 aliphatic heterocycles. The van der Waals surface area contributed by atoms with E-state index < -0.39 is 11.4 Å². The molecule has 1 saturated carbocycles. The average molecular weight is 297 g/mol. The Balaban J connectivity index is 2.12. The van der Waals surface area contributed by atoms with Crippen molar-refractivity contribution in [2.24, 2.45) is 5.92 Å². The summed E-state index contributed by atoms with van der Waals surface area (Å²) in [6.45, 7) is 4.53. The number of halogens is 1. The summed E-state index contributed by atoms with van der Waals surface area (Å²) in [7, 11) is 0. The monoisotopic (exact) mass is 296 g/mol. The van der Waals surface area contributed by atoms with Gasteiger partial charge in [-0.25, -0.2) is 0 Å². The van der Waals surface area contributed by atoms with E-state index in [1.165, 1.54) is 19.3 Å². The minimum absolute atomic E-state index is 0.0649. The van der Waals surface area contributed by atoms with Crippen LogP contribution in [0.4, 0.5) is 0 Å². The second kappa shape index (κ2) is 6.04. The van der Waals surface area contributed by atoms with Crippen molar-refractivity contribution < 1.29 is 14.6 Å². The molecule has 4 heteroatoms. The number of hydrogen-bond donors (Lipinski definition) is 1. The van der Waals surface area contributed by atoms with Gasteiger partial charge in [-0.3, -0.25) is 4.79 Å². The summed E-state index contributed by atoms with van der Waals surface area (Å²) < 4.78 is 5.80. The summed E-state index contributed by atoms with van der Waals surface area (Å²) in [6, 6.07) is 5.52. The zero-order valence-electron chi connectivity index (χ0n) is 12.0. The van der Waals surface area contributed by atoms with Crippen LogP contribution in [0.2, 0.25) is 5.02 Å². The molecule has 1 fully saturated rings. The lowest BCUT2D eigenvalue weighted by atomic mass is 9.81. The highest BCUT2D eigenvalue weighted by atomic mass is 35.5. The molecule has 0 unspecified atom stereocenters. The highest BCUT2D eigenvalue weighted by Gasteiger charge is 2.25. The zero-order valence-corrected chi connectivity index (χ0v) is 12.7. The molecule has 0 radical (unpaired) electrons. The Morgan fingerprint density at radius 2 is 2.10 bits per heavy atom. The second-order valence-corrected chi connectivity index (χ2v) is 6.67. The first kappa shape index (κ1) is 15.2. The fourth-order valence-electron chi connectivity index (χ4n) is 2.39. The Bertz CT molecular complexity index is 492. The van der Waals surface area contributed by atoms with Crippen LogP contribution in [0.15, 0.2) is 18.2 Å². The first-order chi connectivity index (χ1) is 9.37. The Labute approximate surface area is 124 Å². The predicted molar refractivity (Wildman–Crippen MR) is 79.6 cm³/mol. The van der Waals surface area contributed by atoms with Crippen LogP contribution in [0.1, 0.15) is 45.1 Å². The van der Waals surface area contributed by atoms with Crippen LogP contribution in [0.3, 0.4) is 0 Å². The molecule has 110 valence electrons. The molecule has 1 N–H and O–H groups in total. The molecule has 0 saturated heterocycles. The van der Waals surface area contributed by atoms with Crippen molar-refractivity contribution in [3.8, 4) is 5.75 Å². The number of carboxylic acid groups (broad SMARTS) is 1. The number of rotatable bonds is 6. The molecule has 1 aliphatic rings. The number of carbonyl (C=O) groups is 1. The SMILES string of the molecule is CC(C)(CC(=O)O)c1cc(Cl)cc(OCC2CCC2)c1. The van der Waals surface area contributed by atoms with E-state index >= 15 is 0 Å². The second-order valence-electron chi connectivity index (χ2n) is 6.24. The standard InChI is InChI=1S/C16H21ClO3/c1-16(2,9-15(18)19)12-6-13(17)8-14(7-12)20-10-11-4-3-5-11/h6-8,11H,3-5,9-10H2,1-2H3,(H,18,19). The molecule has 1 aromatic rings. The topological polar surface area (TPSA) is 46.5 Å². The van der Waals surface area contributed by atoms with Crippen LogP contribution in [0.25, 0.3) is 0 Å². The van der Waals surface area contributed by atoms with Crippen LogP contribution in [0, 0.1) is 5.92 Å². The zero-order chi connectivity index (χ0) is 14.8. The molecule has 1 aromatic carbocycles. The molecule has 2 rings (SSSR count). The van der Waals surface area contributed by atoms with Crippen molar-refractivity contribution in [1.29, 1.82) is 0 Å².